The molecule has 1 aliphatic rings. The fraction of sp³-hybridized carbons (Fsp3) is 0.538. The van der Waals surface area contributed by atoms with Crippen molar-refractivity contribution in [3.05, 3.63) is 27.8 Å². The van der Waals surface area contributed by atoms with Crippen molar-refractivity contribution in [1.29, 1.82) is 0 Å². The minimum Gasteiger partial charge on any atom is -0.368 e. The normalized spacial score (nSPS) is 21.5. The molecule has 16 heavy (non-hydrogen) atoms. The van der Waals surface area contributed by atoms with Crippen LogP contribution in [0.5, 0.6) is 0 Å². The Morgan fingerprint density at radius 1 is 1.38 bits per heavy atom. The van der Waals surface area contributed by atoms with Crippen LogP contribution < -0.4 is 10.2 Å². The van der Waals surface area contributed by atoms with E-state index in [-0.39, 0.29) is 0 Å². The van der Waals surface area contributed by atoms with Gasteiger partial charge in [0, 0.05) is 29.2 Å². The van der Waals surface area contributed by atoms with Crippen LogP contribution in [0, 0.1) is 9.49 Å². The van der Waals surface area contributed by atoms with Crippen molar-refractivity contribution in [2.75, 3.05) is 24.5 Å². The molecule has 2 nitrogen and oxygen atoms in total. The molecule has 0 aromatic heterocycles. The molecular weight excluding hydrogens is 311 g/mol. The molecule has 1 fully saturated rings. The maximum atomic E-state index is 3.59. The summed E-state index contributed by atoms with van der Waals surface area (Å²) in [5, 5.41) is 3.59. The first-order valence-electron chi connectivity index (χ1n) is 5.91. The number of hydrogen-bond acceptors (Lipinski definition) is 2. The van der Waals surface area contributed by atoms with Gasteiger partial charge in [-0.05, 0) is 40.6 Å². The van der Waals surface area contributed by atoms with E-state index in [0.717, 1.165) is 19.6 Å². The van der Waals surface area contributed by atoms with Gasteiger partial charge >= 0.3 is 0 Å². The van der Waals surface area contributed by atoms with Gasteiger partial charge in [0.2, 0.25) is 0 Å². The molecule has 0 bridgehead atoms. The number of rotatable bonds is 2. The molecule has 1 saturated heterocycles. The van der Waals surface area contributed by atoms with Gasteiger partial charge in [-0.2, -0.15) is 0 Å². The third-order valence-corrected chi connectivity index (χ3v) is 4.12. The number of benzene rings is 1. The smallest absolute Gasteiger partial charge is 0.0502 e. The molecule has 1 aromatic carbocycles. The van der Waals surface area contributed by atoms with Crippen LogP contribution >= 0.6 is 22.6 Å². The highest BCUT2D eigenvalue weighted by Gasteiger charge is 2.22. The first kappa shape index (κ1) is 12.2. The molecule has 0 saturated carbocycles. The summed E-state index contributed by atoms with van der Waals surface area (Å²) < 4.78 is 1.35. The lowest BCUT2D eigenvalue weighted by Crippen LogP contribution is -2.53. The van der Waals surface area contributed by atoms with Crippen LogP contribution in [0.25, 0.3) is 0 Å². The number of hydrogen-bond donors (Lipinski definition) is 1. The maximum absolute atomic E-state index is 3.59. The Morgan fingerprint density at radius 3 is 2.81 bits per heavy atom. The van der Waals surface area contributed by atoms with Crippen LogP contribution in [0.15, 0.2) is 24.3 Å². The molecule has 0 radical (unpaired) electrons. The van der Waals surface area contributed by atoms with Gasteiger partial charge in [0.15, 0.2) is 0 Å². The molecule has 1 unspecified atom stereocenters. The highest BCUT2D eigenvalue weighted by atomic mass is 127. The summed E-state index contributed by atoms with van der Waals surface area (Å²) in [6.07, 6.45) is 0. The van der Waals surface area contributed by atoms with E-state index in [4.69, 9.17) is 0 Å². The largest absolute Gasteiger partial charge is 0.368 e. The summed E-state index contributed by atoms with van der Waals surface area (Å²) >= 11 is 2.43. The van der Waals surface area contributed by atoms with Crippen molar-refractivity contribution < 1.29 is 0 Å². The second-order valence-electron chi connectivity index (χ2n) is 4.70. The number of piperazine rings is 1. The molecule has 1 heterocycles. The molecule has 2 rings (SSSR count). The van der Waals surface area contributed by atoms with Crippen molar-refractivity contribution in [3.63, 3.8) is 0 Å². The minimum atomic E-state index is 0.616. The standard InChI is InChI=1S/C13H19IN2/c1-10(2)12-9-16(8-7-15-12)13-6-4-3-5-11(13)14/h3-6,10,12,15H,7-9H2,1-2H3. The van der Waals surface area contributed by atoms with Gasteiger partial charge in [0.25, 0.3) is 0 Å². The fourth-order valence-electron chi connectivity index (χ4n) is 2.15. The average Bonchev–Trinajstić information content (AvgIpc) is 2.30. The quantitative estimate of drug-likeness (QED) is 0.839. The summed E-state index contributed by atoms with van der Waals surface area (Å²) in [6.45, 7) is 7.91. The van der Waals surface area contributed by atoms with Crippen molar-refractivity contribution in [2.45, 2.75) is 19.9 Å². The lowest BCUT2D eigenvalue weighted by Gasteiger charge is -2.37. The third kappa shape index (κ3) is 2.69. The zero-order valence-corrected chi connectivity index (χ0v) is 12.1. The summed E-state index contributed by atoms with van der Waals surface area (Å²) in [4.78, 5) is 2.50. The van der Waals surface area contributed by atoms with Crippen LogP contribution in [0.2, 0.25) is 0 Å². The van der Waals surface area contributed by atoms with E-state index in [2.05, 4.69) is 70.9 Å². The third-order valence-electron chi connectivity index (χ3n) is 3.20. The highest BCUT2D eigenvalue weighted by molar-refractivity contribution is 14.1. The molecule has 0 spiro atoms. The average molecular weight is 330 g/mol. The molecule has 0 amide bonds. The lowest BCUT2D eigenvalue weighted by molar-refractivity contribution is 0.368. The number of nitrogens with one attached hydrogen (secondary N) is 1. The van der Waals surface area contributed by atoms with Crippen molar-refractivity contribution >= 4 is 28.3 Å². The SMILES string of the molecule is CC(C)C1CN(c2ccccc2I)CCN1. The van der Waals surface area contributed by atoms with Crippen molar-refractivity contribution in [1.82, 2.24) is 5.32 Å². The molecule has 1 aromatic rings. The van der Waals surface area contributed by atoms with E-state index >= 15 is 0 Å². The summed E-state index contributed by atoms with van der Waals surface area (Å²) in [7, 11) is 0. The summed E-state index contributed by atoms with van der Waals surface area (Å²) in [6, 6.07) is 9.26. The molecule has 1 N–H and O–H groups in total. The second kappa shape index (κ2) is 5.36. The van der Waals surface area contributed by atoms with Crippen LogP contribution in [-0.2, 0) is 0 Å². The van der Waals surface area contributed by atoms with Gasteiger partial charge in [-0.25, -0.2) is 0 Å². The molecule has 3 heteroatoms. The van der Waals surface area contributed by atoms with E-state index in [9.17, 15) is 0 Å². The zero-order chi connectivity index (χ0) is 11.5. The van der Waals surface area contributed by atoms with E-state index in [1.165, 1.54) is 9.26 Å². The maximum Gasteiger partial charge on any atom is 0.0502 e. The molecule has 88 valence electrons. The fourth-order valence-corrected chi connectivity index (χ4v) is 2.88. The second-order valence-corrected chi connectivity index (χ2v) is 5.86. The lowest BCUT2D eigenvalue weighted by atomic mass is 10.0. The number of nitrogens with zero attached hydrogens (tertiary/aromatic N) is 1. The Kier molecular flexibility index (Phi) is 4.08. The van der Waals surface area contributed by atoms with Gasteiger partial charge in [-0.15, -0.1) is 0 Å². The first-order valence-corrected chi connectivity index (χ1v) is 6.99. The van der Waals surface area contributed by atoms with E-state index in [0.29, 0.717) is 12.0 Å². The monoisotopic (exact) mass is 330 g/mol. The van der Waals surface area contributed by atoms with Crippen LogP contribution in [0.4, 0.5) is 5.69 Å². The number of halogens is 1. The Morgan fingerprint density at radius 2 is 2.12 bits per heavy atom. The first-order chi connectivity index (χ1) is 7.68. The Labute approximate surface area is 112 Å². The number of anilines is 1. The summed E-state index contributed by atoms with van der Waals surface area (Å²) in [5.41, 5.74) is 1.38. The van der Waals surface area contributed by atoms with Gasteiger partial charge in [0.05, 0.1) is 5.69 Å². The van der Waals surface area contributed by atoms with Gasteiger partial charge in [-0.3, -0.25) is 0 Å². The Balaban J connectivity index is 2.13. The van der Waals surface area contributed by atoms with Crippen LogP contribution in [0.3, 0.4) is 0 Å². The predicted octanol–water partition coefficient (Wildman–Crippen LogP) is 2.73. The zero-order valence-electron chi connectivity index (χ0n) is 9.91. The minimum absolute atomic E-state index is 0.616. The highest BCUT2D eigenvalue weighted by Crippen LogP contribution is 2.23. The van der Waals surface area contributed by atoms with Crippen molar-refractivity contribution in [2.24, 2.45) is 5.92 Å². The van der Waals surface area contributed by atoms with E-state index < -0.39 is 0 Å². The van der Waals surface area contributed by atoms with E-state index in [1.54, 1.807) is 0 Å². The van der Waals surface area contributed by atoms with E-state index in [1.807, 2.05) is 0 Å². The molecule has 1 aliphatic heterocycles. The Bertz CT molecular complexity index is 352. The topological polar surface area (TPSA) is 15.3 Å². The van der Waals surface area contributed by atoms with Crippen LogP contribution in [-0.4, -0.2) is 25.7 Å². The number of para-hydroxylation sites is 1. The molecule has 0 aliphatic carbocycles. The van der Waals surface area contributed by atoms with Crippen molar-refractivity contribution in [3.8, 4) is 0 Å². The van der Waals surface area contributed by atoms with Gasteiger partial charge in [-0.1, -0.05) is 26.0 Å². The molecular formula is C13H19IN2. The Hall–Kier alpha value is -0.290. The summed E-state index contributed by atoms with van der Waals surface area (Å²) in [5.74, 6) is 0.698. The van der Waals surface area contributed by atoms with Gasteiger partial charge in [0.1, 0.15) is 0 Å². The van der Waals surface area contributed by atoms with Gasteiger partial charge < -0.3 is 10.2 Å². The molecule has 1 atom stereocenters. The predicted molar refractivity (Wildman–Crippen MR) is 78.0 cm³/mol. The van der Waals surface area contributed by atoms with Crippen LogP contribution in [0.1, 0.15) is 13.8 Å².